The molecule has 2 rings (SSSR count). The van der Waals surface area contributed by atoms with Crippen LogP contribution in [0, 0.1) is 0 Å². The monoisotopic (exact) mass is 282 g/mol. The molecule has 0 aromatic carbocycles. The first-order valence-corrected chi connectivity index (χ1v) is 7.19. The van der Waals surface area contributed by atoms with E-state index in [1.165, 1.54) is 0 Å². The standard InChI is InChI=1S/C7H14N2O.C7H12N2O/c2*1-6(10)9-5-3-4-7(9)8-2/h7-8H,3-5H2,1-2H3;3-5H2,1-2H3. The second-order valence-electron chi connectivity index (χ2n) is 5.07. The van der Waals surface area contributed by atoms with Crippen molar-refractivity contribution in [3.63, 3.8) is 0 Å². The summed E-state index contributed by atoms with van der Waals surface area (Å²) in [5.74, 6) is 1.22. The molecule has 1 unspecified atom stereocenters. The molecule has 114 valence electrons. The molecule has 0 spiro atoms. The van der Waals surface area contributed by atoms with Crippen LogP contribution in [0.1, 0.15) is 39.5 Å². The number of carbonyl (C=O) groups excluding carboxylic acids is 2. The summed E-state index contributed by atoms with van der Waals surface area (Å²) < 4.78 is 0. The zero-order chi connectivity index (χ0) is 15.1. The van der Waals surface area contributed by atoms with Gasteiger partial charge in [-0.2, -0.15) is 0 Å². The molecule has 0 radical (unpaired) electrons. The highest BCUT2D eigenvalue weighted by atomic mass is 16.2. The van der Waals surface area contributed by atoms with Gasteiger partial charge in [0.15, 0.2) is 0 Å². The van der Waals surface area contributed by atoms with Crippen LogP contribution in [-0.2, 0) is 9.59 Å². The summed E-state index contributed by atoms with van der Waals surface area (Å²) in [5.41, 5.74) is 0. The number of aliphatic imine (C=N–C) groups is 1. The van der Waals surface area contributed by atoms with E-state index < -0.39 is 0 Å². The summed E-state index contributed by atoms with van der Waals surface area (Å²) >= 11 is 0. The van der Waals surface area contributed by atoms with E-state index in [1.54, 1.807) is 25.8 Å². The second kappa shape index (κ2) is 7.99. The molecule has 6 heteroatoms. The van der Waals surface area contributed by atoms with Gasteiger partial charge < -0.3 is 15.1 Å². The lowest BCUT2D eigenvalue weighted by Crippen LogP contribution is -2.41. The Bertz CT molecular complexity index is 381. The molecule has 0 bridgehead atoms. The number of hydrogen-bond donors (Lipinski definition) is 1. The van der Waals surface area contributed by atoms with E-state index in [1.807, 2.05) is 11.9 Å². The average molecular weight is 282 g/mol. The Morgan fingerprint density at radius 1 is 1.20 bits per heavy atom. The summed E-state index contributed by atoms with van der Waals surface area (Å²) in [7, 11) is 3.63. The van der Waals surface area contributed by atoms with Crippen LogP contribution in [0.4, 0.5) is 0 Å². The summed E-state index contributed by atoms with van der Waals surface area (Å²) in [6.07, 6.45) is 4.53. The van der Waals surface area contributed by atoms with Crippen molar-refractivity contribution in [2.24, 2.45) is 4.99 Å². The molecule has 2 heterocycles. The summed E-state index contributed by atoms with van der Waals surface area (Å²) in [4.78, 5) is 29.4. The van der Waals surface area contributed by atoms with Gasteiger partial charge in [-0.25, -0.2) is 0 Å². The van der Waals surface area contributed by atoms with Crippen LogP contribution < -0.4 is 5.32 Å². The Morgan fingerprint density at radius 3 is 2.30 bits per heavy atom. The van der Waals surface area contributed by atoms with E-state index in [-0.39, 0.29) is 18.0 Å². The molecular formula is C14H26N4O2. The third-order valence-corrected chi connectivity index (χ3v) is 3.72. The van der Waals surface area contributed by atoms with Crippen LogP contribution in [0.3, 0.4) is 0 Å². The van der Waals surface area contributed by atoms with Crippen molar-refractivity contribution in [1.29, 1.82) is 0 Å². The zero-order valence-electron chi connectivity index (χ0n) is 13.0. The van der Waals surface area contributed by atoms with Gasteiger partial charge in [-0.1, -0.05) is 0 Å². The number of carbonyl (C=O) groups is 2. The SMILES string of the molecule is CN=C1CCCN1C(C)=O.CNC1CCCN1C(C)=O. The van der Waals surface area contributed by atoms with Crippen LogP contribution in [0.15, 0.2) is 4.99 Å². The molecule has 0 aromatic rings. The Labute approximate surface area is 121 Å². The highest BCUT2D eigenvalue weighted by Crippen LogP contribution is 2.13. The normalized spacial score (nSPS) is 23.8. The molecule has 2 amide bonds. The van der Waals surface area contributed by atoms with E-state index >= 15 is 0 Å². The fourth-order valence-corrected chi connectivity index (χ4v) is 2.67. The first-order valence-electron chi connectivity index (χ1n) is 7.19. The number of nitrogens with one attached hydrogen (secondary N) is 1. The predicted octanol–water partition coefficient (Wildman–Crippen LogP) is 0.831. The first kappa shape index (κ1) is 16.6. The minimum absolute atomic E-state index is 0.109. The fraction of sp³-hybridized carbons (Fsp3) is 0.786. The number of nitrogens with zero attached hydrogens (tertiary/aromatic N) is 3. The van der Waals surface area contributed by atoms with Crippen LogP contribution in [0.2, 0.25) is 0 Å². The van der Waals surface area contributed by atoms with Crippen LogP contribution in [-0.4, -0.2) is 60.8 Å². The van der Waals surface area contributed by atoms with E-state index in [0.717, 1.165) is 44.6 Å². The lowest BCUT2D eigenvalue weighted by atomic mass is 10.3. The van der Waals surface area contributed by atoms with E-state index in [0.29, 0.717) is 0 Å². The van der Waals surface area contributed by atoms with E-state index in [4.69, 9.17) is 0 Å². The molecular weight excluding hydrogens is 256 g/mol. The Morgan fingerprint density at radius 2 is 1.90 bits per heavy atom. The van der Waals surface area contributed by atoms with Crippen LogP contribution in [0.25, 0.3) is 0 Å². The van der Waals surface area contributed by atoms with E-state index in [9.17, 15) is 9.59 Å². The predicted molar refractivity (Wildman–Crippen MR) is 79.4 cm³/mol. The molecule has 6 nitrogen and oxygen atoms in total. The molecule has 0 saturated carbocycles. The van der Waals surface area contributed by atoms with E-state index in [2.05, 4.69) is 10.3 Å². The number of hydrogen-bond acceptors (Lipinski definition) is 4. The lowest BCUT2D eigenvalue weighted by Gasteiger charge is -2.22. The van der Waals surface area contributed by atoms with Crippen LogP contribution in [0.5, 0.6) is 0 Å². The number of amides is 2. The van der Waals surface area contributed by atoms with Crippen molar-refractivity contribution in [3.8, 4) is 0 Å². The smallest absolute Gasteiger partial charge is 0.224 e. The maximum Gasteiger partial charge on any atom is 0.224 e. The third kappa shape index (κ3) is 4.30. The quantitative estimate of drug-likeness (QED) is 0.775. The summed E-state index contributed by atoms with van der Waals surface area (Å²) in [5, 5.41) is 3.10. The molecule has 2 aliphatic rings. The molecule has 20 heavy (non-hydrogen) atoms. The lowest BCUT2D eigenvalue weighted by molar-refractivity contribution is -0.130. The topological polar surface area (TPSA) is 65.0 Å². The second-order valence-corrected chi connectivity index (χ2v) is 5.07. The molecule has 1 N–H and O–H groups in total. The van der Waals surface area contributed by atoms with Crippen molar-refractivity contribution in [1.82, 2.24) is 15.1 Å². The van der Waals surface area contributed by atoms with Crippen molar-refractivity contribution in [2.75, 3.05) is 27.2 Å². The van der Waals surface area contributed by atoms with Gasteiger partial charge in [-0.15, -0.1) is 0 Å². The molecule has 0 aliphatic carbocycles. The molecule has 1 atom stereocenters. The average Bonchev–Trinajstić information content (AvgIpc) is 3.07. The van der Waals surface area contributed by atoms with Gasteiger partial charge >= 0.3 is 0 Å². The first-order chi connectivity index (χ1) is 9.51. The molecule has 2 saturated heterocycles. The number of likely N-dealkylation sites (tertiary alicyclic amines) is 2. The van der Waals surface area contributed by atoms with Gasteiger partial charge in [-0.3, -0.25) is 14.6 Å². The van der Waals surface area contributed by atoms with Gasteiger partial charge in [0.1, 0.15) is 5.84 Å². The van der Waals surface area contributed by atoms with Gasteiger partial charge in [0, 0.05) is 40.4 Å². The summed E-state index contributed by atoms with van der Waals surface area (Å²) in [6, 6.07) is 0. The number of amidine groups is 1. The largest absolute Gasteiger partial charge is 0.327 e. The Hall–Kier alpha value is -1.43. The third-order valence-electron chi connectivity index (χ3n) is 3.72. The fourth-order valence-electron chi connectivity index (χ4n) is 2.67. The maximum atomic E-state index is 10.9. The minimum Gasteiger partial charge on any atom is -0.327 e. The van der Waals surface area contributed by atoms with Gasteiger partial charge in [-0.05, 0) is 26.3 Å². The zero-order valence-corrected chi connectivity index (χ0v) is 13.0. The van der Waals surface area contributed by atoms with Crippen molar-refractivity contribution in [3.05, 3.63) is 0 Å². The van der Waals surface area contributed by atoms with Gasteiger partial charge in [0.2, 0.25) is 11.8 Å². The Kier molecular flexibility index (Phi) is 6.64. The minimum atomic E-state index is 0.109. The highest BCUT2D eigenvalue weighted by molar-refractivity contribution is 5.98. The van der Waals surface area contributed by atoms with Gasteiger partial charge in [0.05, 0.1) is 6.17 Å². The summed E-state index contributed by atoms with van der Waals surface area (Å²) in [6.45, 7) is 4.97. The Balaban J connectivity index is 0.000000200. The maximum absolute atomic E-state index is 10.9. The van der Waals surface area contributed by atoms with Crippen molar-refractivity contribution in [2.45, 2.75) is 45.7 Å². The molecule has 0 aromatic heterocycles. The van der Waals surface area contributed by atoms with Crippen LogP contribution >= 0.6 is 0 Å². The molecule has 2 fully saturated rings. The molecule has 2 aliphatic heterocycles. The van der Waals surface area contributed by atoms with Gasteiger partial charge in [0.25, 0.3) is 0 Å². The number of rotatable bonds is 1. The highest BCUT2D eigenvalue weighted by Gasteiger charge is 2.24. The van der Waals surface area contributed by atoms with Crippen molar-refractivity contribution >= 4 is 17.6 Å². The van der Waals surface area contributed by atoms with Crippen molar-refractivity contribution < 1.29 is 9.59 Å².